The van der Waals surface area contributed by atoms with Gasteiger partial charge < -0.3 is 18.7 Å². The molecule has 2 aromatic heterocycles. The van der Waals surface area contributed by atoms with Crippen LogP contribution in [0, 0.1) is 29.0 Å². The summed E-state index contributed by atoms with van der Waals surface area (Å²) < 4.78 is 36.6. The quantitative estimate of drug-likeness (QED) is 0.421. The number of pyridine rings is 1. The molecule has 1 unspecified atom stereocenters. The standard InChI is InChI=1S/C29H28FN5O6/c1-28(2,3)41-27(37)35(25-8-9-39-33-25)13-19-12-34(26(36)40-19)18-5-6-20(23(30)10-18)17-4-7-24(32-11-17)29(16-31)21-14-38-15-22(21)29/h4-11,19,21-22H,12-15H2,1-3H3/t19-,21-,22+,29?/m1/s1. The van der Waals surface area contributed by atoms with E-state index < -0.39 is 35.1 Å². The average Bonchev–Trinajstić information content (AvgIpc) is 3.47. The van der Waals surface area contributed by atoms with Gasteiger partial charge >= 0.3 is 12.2 Å². The van der Waals surface area contributed by atoms with Crippen molar-refractivity contribution in [2.24, 2.45) is 11.8 Å². The molecule has 1 saturated carbocycles. The average molecular weight is 562 g/mol. The molecule has 212 valence electrons. The third-order valence-electron chi connectivity index (χ3n) is 7.66. The number of amides is 2. The predicted molar refractivity (Wildman–Crippen MR) is 142 cm³/mol. The fourth-order valence-corrected chi connectivity index (χ4v) is 5.62. The molecule has 1 aromatic carbocycles. The van der Waals surface area contributed by atoms with Crippen molar-refractivity contribution < 1.29 is 32.7 Å². The number of rotatable bonds is 6. The van der Waals surface area contributed by atoms with Crippen LogP contribution in [0.5, 0.6) is 0 Å². The van der Waals surface area contributed by atoms with Crippen molar-refractivity contribution in [3.8, 4) is 17.2 Å². The number of fused-ring (bicyclic) bond motifs is 1. The zero-order valence-corrected chi connectivity index (χ0v) is 22.7. The van der Waals surface area contributed by atoms with E-state index in [1.54, 1.807) is 51.2 Å². The molecule has 3 aliphatic rings. The monoisotopic (exact) mass is 561 g/mol. The molecule has 4 atom stereocenters. The molecule has 0 N–H and O–H groups in total. The Bertz CT molecular complexity index is 1500. The van der Waals surface area contributed by atoms with E-state index in [1.807, 2.05) is 0 Å². The molecule has 4 heterocycles. The van der Waals surface area contributed by atoms with Gasteiger partial charge in [-0.05, 0) is 45.0 Å². The molecule has 3 fully saturated rings. The molecule has 2 saturated heterocycles. The van der Waals surface area contributed by atoms with Gasteiger partial charge in [0.05, 0.1) is 43.8 Å². The second-order valence-corrected chi connectivity index (χ2v) is 11.4. The molecule has 0 radical (unpaired) electrons. The number of carbonyl (C=O) groups excluding carboxylic acids is 2. The van der Waals surface area contributed by atoms with Crippen molar-refractivity contribution in [1.82, 2.24) is 10.1 Å². The molecule has 0 spiro atoms. The lowest BCUT2D eigenvalue weighted by molar-refractivity contribution is 0.0556. The van der Waals surface area contributed by atoms with Crippen LogP contribution in [-0.2, 0) is 19.6 Å². The first-order valence-corrected chi connectivity index (χ1v) is 13.2. The number of nitrogens with zero attached hydrogens (tertiary/aromatic N) is 5. The maximum absolute atomic E-state index is 15.3. The summed E-state index contributed by atoms with van der Waals surface area (Å²) in [6, 6.07) is 11.9. The number of anilines is 2. The fraction of sp³-hybridized carbons (Fsp3) is 0.414. The number of nitriles is 1. The van der Waals surface area contributed by atoms with Gasteiger partial charge in [-0.15, -0.1) is 0 Å². The van der Waals surface area contributed by atoms with E-state index in [0.29, 0.717) is 35.7 Å². The summed E-state index contributed by atoms with van der Waals surface area (Å²) in [5, 5.41) is 13.6. The number of ether oxygens (including phenoxy) is 3. The lowest BCUT2D eigenvalue weighted by Gasteiger charge is -2.26. The van der Waals surface area contributed by atoms with Gasteiger partial charge in [-0.25, -0.2) is 14.0 Å². The molecule has 12 heteroatoms. The molecule has 41 heavy (non-hydrogen) atoms. The first-order valence-electron chi connectivity index (χ1n) is 13.2. The van der Waals surface area contributed by atoms with Gasteiger partial charge in [-0.1, -0.05) is 11.2 Å². The third kappa shape index (κ3) is 4.76. The summed E-state index contributed by atoms with van der Waals surface area (Å²) in [4.78, 5) is 32.6. The van der Waals surface area contributed by atoms with Crippen molar-refractivity contribution in [3.63, 3.8) is 0 Å². The minimum Gasteiger partial charge on any atom is -0.443 e. The highest BCUT2D eigenvalue weighted by atomic mass is 19.1. The maximum Gasteiger partial charge on any atom is 0.416 e. The number of aromatic nitrogens is 2. The van der Waals surface area contributed by atoms with E-state index >= 15 is 4.39 Å². The number of hydrogen-bond acceptors (Lipinski definition) is 9. The summed E-state index contributed by atoms with van der Waals surface area (Å²) >= 11 is 0. The topological polar surface area (TPSA) is 131 Å². The minimum atomic E-state index is -0.754. The Hall–Kier alpha value is -4.50. The Balaban J connectivity index is 1.16. The van der Waals surface area contributed by atoms with Gasteiger partial charge in [0.1, 0.15) is 29.2 Å². The van der Waals surface area contributed by atoms with Crippen LogP contribution >= 0.6 is 0 Å². The maximum atomic E-state index is 15.3. The Kier molecular flexibility index (Phi) is 6.42. The van der Waals surface area contributed by atoms with Crippen molar-refractivity contribution in [1.29, 1.82) is 5.26 Å². The summed E-state index contributed by atoms with van der Waals surface area (Å²) in [6.07, 6.45) is 0.816. The van der Waals surface area contributed by atoms with Gasteiger partial charge in [-0.2, -0.15) is 5.26 Å². The number of benzene rings is 1. The Morgan fingerprint density at radius 2 is 2.02 bits per heavy atom. The SMILES string of the molecule is CC(C)(C)OC(=O)N(C[C@H]1CN(c2ccc(-c3ccc(C4(C#N)[C@@H]5COC[C@@H]54)nc3)c(F)c2)C(=O)O1)c1ccon1. The molecule has 1 aliphatic carbocycles. The predicted octanol–water partition coefficient (Wildman–Crippen LogP) is 4.68. The lowest BCUT2D eigenvalue weighted by atomic mass is 9.96. The summed E-state index contributed by atoms with van der Waals surface area (Å²) in [5.74, 6) is -0.0307. The highest BCUT2D eigenvalue weighted by Gasteiger charge is 2.70. The first-order chi connectivity index (χ1) is 19.6. The lowest BCUT2D eigenvalue weighted by Crippen LogP contribution is -2.42. The second kappa shape index (κ2) is 9.85. The van der Waals surface area contributed by atoms with Crippen LogP contribution in [0.3, 0.4) is 0 Å². The molecule has 2 aliphatic heterocycles. The highest BCUT2D eigenvalue weighted by molar-refractivity contribution is 5.91. The van der Waals surface area contributed by atoms with Crippen LogP contribution in [0.25, 0.3) is 11.1 Å². The Labute approximate surface area is 235 Å². The molecule has 11 nitrogen and oxygen atoms in total. The van der Waals surface area contributed by atoms with E-state index in [1.165, 1.54) is 28.2 Å². The van der Waals surface area contributed by atoms with Gasteiger partial charge in [-0.3, -0.25) is 14.8 Å². The van der Waals surface area contributed by atoms with Crippen LogP contribution in [-0.4, -0.2) is 60.3 Å². The van der Waals surface area contributed by atoms with Gasteiger partial charge in [0.2, 0.25) is 0 Å². The molecular weight excluding hydrogens is 533 g/mol. The number of halogens is 1. The van der Waals surface area contributed by atoms with E-state index in [2.05, 4.69) is 16.2 Å². The smallest absolute Gasteiger partial charge is 0.416 e. The van der Waals surface area contributed by atoms with Gasteiger partial charge in [0.25, 0.3) is 0 Å². The molecular formula is C29H28FN5O6. The largest absolute Gasteiger partial charge is 0.443 e. The number of hydrogen-bond donors (Lipinski definition) is 0. The molecule has 6 rings (SSSR count). The van der Waals surface area contributed by atoms with Crippen molar-refractivity contribution in [2.75, 3.05) is 36.1 Å². The summed E-state index contributed by atoms with van der Waals surface area (Å²) in [7, 11) is 0. The Morgan fingerprint density at radius 1 is 1.24 bits per heavy atom. The Morgan fingerprint density at radius 3 is 2.63 bits per heavy atom. The highest BCUT2D eigenvalue weighted by Crippen LogP contribution is 2.62. The van der Waals surface area contributed by atoms with Gasteiger partial charge in [0, 0.05) is 35.2 Å². The van der Waals surface area contributed by atoms with Crippen LogP contribution in [0.4, 0.5) is 25.5 Å². The summed E-state index contributed by atoms with van der Waals surface area (Å²) in [6.45, 7) is 6.35. The number of carbonyl (C=O) groups is 2. The normalized spacial score (nSPS) is 24.9. The van der Waals surface area contributed by atoms with Crippen LogP contribution in [0.1, 0.15) is 26.5 Å². The van der Waals surface area contributed by atoms with E-state index in [9.17, 15) is 14.9 Å². The minimum absolute atomic E-state index is 0.0414. The molecule has 2 amide bonds. The third-order valence-corrected chi connectivity index (χ3v) is 7.66. The van der Waals surface area contributed by atoms with Crippen LogP contribution in [0.2, 0.25) is 0 Å². The zero-order valence-electron chi connectivity index (χ0n) is 22.7. The van der Waals surface area contributed by atoms with E-state index in [-0.39, 0.29) is 30.7 Å². The number of cyclic esters (lactones) is 1. The van der Waals surface area contributed by atoms with Crippen LogP contribution < -0.4 is 9.80 Å². The molecule has 3 aromatic rings. The van der Waals surface area contributed by atoms with E-state index in [0.717, 1.165) is 0 Å². The van der Waals surface area contributed by atoms with Gasteiger partial charge in [0.15, 0.2) is 5.82 Å². The van der Waals surface area contributed by atoms with Crippen molar-refractivity contribution in [2.45, 2.75) is 37.9 Å². The van der Waals surface area contributed by atoms with Crippen molar-refractivity contribution in [3.05, 3.63) is 60.4 Å². The van der Waals surface area contributed by atoms with Crippen molar-refractivity contribution >= 4 is 23.7 Å². The second-order valence-electron chi connectivity index (χ2n) is 11.4. The molecule has 0 bridgehead atoms. The summed E-state index contributed by atoms with van der Waals surface area (Å²) in [5.41, 5.74) is 0.465. The first kappa shape index (κ1) is 26.7. The fourth-order valence-electron chi connectivity index (χ4n) is 5.62. The zero-order chi connectivity index (χ0) is 28.9. The van der Waals surface area contributed by atoms with E-state index in [4.69, 9.17) is 18.7 Å². The van der Waals surface area contributed by atoms with Crippen LogP contribution in [0.15, 0.2) is 53.4 Å².